The largest absolute Gasteiger partial charge is 0.347 e. The number of pyridine rings is 1. The number of hydrogen-bond donors (Lipinski definition) is 1. The Morgan fingerprint density at radius 1 is 1.17 bits per heavy atom. The van der Waals surface area contributed by atoms with Gasteiger partial charge in [0, 0.05) is 24.3 Å². The summed E-state index contributed by atoms with van der Waals surface area (Å²) in [4.78, 5) is 27.1. The highest BCUT2D eigenvalue weighted by molar-refractivity contribution is 5.96. The van der Waals surface area contributed by atoms with Crippen molar-refractivity contribution in [1.82, 2.24) is 10.3 Å². The minimum Gasteiger partial charge on any atom is -0.347 e. The molecule has 0 atom stereocenters. The fourth-order valence-corrected chi connectivity index (χ4v) is 2.04. The minimum absolute atomic E-state index is 0.0155. The van der Waals surface area contributed by atoms with E-state index in [9.17, 15) is 9.59 Å². The van der Waals surface area contributed by atoms with Gasteiger partial charge < -0.3 is 5.32 Å². The van der Waals surface area contributed by atoms with Crippen LogP contribution in [0.1, 0.15) is 23.3 Å². The van der Waals surface area contributed by atoms with Crippen molar-refractivity contribution in [2.45, 2.75) is 18.9 Å². The molecule has 0 aliphatic heterocycles. The Bertz CT molecular complexity index is 628. The lowest BCUT2D eigenvalue weighted by Crippen LogP contribution is -2.44. The van der Waals surface area contributed by atoms with Gasteiger partial charge in [-0.2, -0.15) is 0 Å². The zero-order chi connectivity index (χ0) is 12.5. The van der Waals surface area contributed by atoms with Crippen LogP contribution in [0.3, 0.4) is 0 Å². The van der Waals surface area contributed by atoms with Crippen LogP contribution in [0.5, 0.6) is 0 Å². The first-order valence-electron chi connectivity index (χ1n) is 5.91. The van der Waals surface area contributed by atoms with E-state index >= 15 is 0 Å². The molecule has 1 aromatic carbocycles. The number of fused-ring (bicyclic) bond motifs is 1. The van der Waals surface area contributed by atoms with Crippen LogP contribution >= 0.6 is 0 Å². The number of aromatic nitrogens is 1. The molecule has 1 aliphatic rings. The quantitative estimate of drug-likeness (QED) is 0.869. The SMILES string of the molecule is O=C1CC(NC(=O)c2ccc3ccccc3n2)C1. The summed E-state index contributed by atoms with van der Waals surface area (Å²) in [5.41, 5.74) is 1.20. The molecular weight excluding hydrogens is 228 g/mol. The van der Waals surface area contributed by atoms with Gasteiger partial charge in [0.15, 0.2) is 0 Å². The predicted octanol–water partition coefficient (Wildman–Crippen LogP) is 1.70. The summed E-state index contributed by atoms with van der Waals surface area (Å²) in [6, 6.07) is 11.2. The third kappa shape index (κ3) is 1.97. The normalized spacial score (nSPS) is 15.4. The van der Waals surface area contributed by atoms with Crippen LogP contribution in [-0.4, -0.2) is 22.7 Å². The highest BCUT2D eigenvalue weighted by atomic mass is 16.2. The maximum Gasteiger partial charge on any atom is 0.270 e. The van der Waals surface area contributed by atoms with Gasteiger partial charge in [-0.1, -0.05) is 24.3 Å². The zero-order valence-corrected chi connectivity index (χ0v) is 9.72. The van der Waals surface area contributed by atoms with Crippen LogP contribution in [0, 0.1) is 0 Å². The highest BCUT2D eigenvalue weighted by Crippen LogP contribution is 2.16. The molecule has 0 unspecified atom stereocenters. The van der Waals surface area contributed by atoms with E-state index in [0.717, 1.165) is 10.9 Å². The second-order valence-electron chi connectivity index (χ2n) is 4.51. The predicted molar refractivity (Wildman–Crippen MR) is 67.2 cm³/mol. The van der Waals surface area contributed by atoms with Crippen molar-refractivity contribution < 1.29 is 9.59 Å². The summed E-state index contributed by atoms with van der Waals surface area (Å²) in [5.74, 6) is -0.00924. The molecule has 1 N–H and O–H groups in total. The molecule has 1 fully saturated rings. The Labute approximate surface area is 104 Å². The summed E-state index contributed by atoms with van der Waals surface area (Å²) in [6.45, 7) is 0. The molecule has 1 saturated carbocycles. The fraction of sp³-hybridized carbons (Fsp3) is 0.214. The van der Waals surface area contributed by atoms with Gasteiger partial charge in [-0.15, -0.1) is 0 Å². The van der Waals surface area contributed by atoms with E-state index in [1.807, 2.05) is 30.3 Å². The molecule has 0 bridgehead atoms. The molecule has 18 heavy (non-hydrogen) atoms. The highest BCUT2D eigenvalue weighted by Gasteiger charge is 2.28. The second-order valence-corrected chi connectivity index (χ2v) is 4.51. The number of rotatable bonds is 2. The Hall–Kier alpha value is -2.23. The summed E-state index contributed by atoms with van der Waals surface area (Å²) < 4.78 is 0. The van der Waals surface area contributed by atoms with E-state index in [-0.39, 0.29) is 17.7 Å². The summed E-state index contributed by atoms with van der Waals surface area (Å²) in [6.07, 6.45) is 0.888. The van der Waals surface area contributed by atoms with E-state index in [1.54, 1.807) is 6.07 Å². The lowest BCUT2D eigenvalue weighted by Gasteiger charge is -2.24. The number of carbonyl (C=O) groups is 2. The Morgan fingerprint density at radius 2 is 1.94 bits per heavy atom. The van der Waals surface area contributed by atoms with Crippen LogP contribution in [-0.2, 0) is 4.79 Å². The molecule has 2 aromatic rings. The first kappa shape index (κ1) is 10.9. The Morgan fingerprint density at radius 3 is 2.72 bits per heavy atom. The van der Waals surface area contributed by atoms with Crippen LogP contribution < -0.4 is 5.32 Å². The van der Waals surface area contributed by atoms with Crippen molar-refractivity contribution in [3.05, 3.63) is 42.1 Å². The molecule has 3 rings (SSSR count). The van der Waals surface area contributed by atoms with Gasteiger partial charge in [0.2, 0.25) is 0 Å². The van der Waals surface area contributed by atoms with Crippen molar-refractivity contribution in [1.29, 1.82) is 0 Å². The van der Waals surface area contributed by atoms with E-state index in [4.69, 9.17) is 0 Å². The van der Waals surface area contributed by atoms with Gasteiger partial charge in [-0.25, -0.2) is 4.98 Å². The van der Waals surface area contributed by atoms with Crippen molar-refractivity contribution in [3.63, 3.8) is 0 Å². The number of ketones is 1. The summed E-state index contributed by atoms with van der Waals surface area (Å²) >= 11 is 0. The lowest BCUT2D eigenvalue weighted by atomic mass is 9.91. The minimum atomic E-state index is -0.210. The number of para-hydroxylation sites is 1. The number of benzene rings is 1. The first-order valence-corrected chi connectivity index (χ1v) is 5.91. The number of amides is 1. The number of nitrogens with one attached hydrogen (secondary N) is 1. The van der Waals surface area contributed by atoms with Gasteiger partial charge in [0.05, 0.1) is 5.52 Å². The molecule has 1 amide bonds. The van der Waals surface area contributed by atoms with E-state index in [0.29, 0.717) is 18.5 Å². The third-order valence-electron chi connectivity index (χ3n) is 3.11. The smallest absolute Gasteiger partial charge is 0.270 e. The lowest BCUT2D eigenvalue weighted by molar-refractivity contribution is -0.124. The molecule has 1 aliphatic carbocycles. The molecule has 1 heterocycles. The van der Waals surface area contributed by atoms with E-state index in [2.05, 4.69) is 10.3 Å². The molecule has 4 nitrogen and oxygen atoms in total. The van der Waals surface area contributed by atoms with Crippen molar-refractivity contribution in [2.24, 2.45) is 0 Å². The Balaban J connectivity index is 1.81. The number of nitrogens with zero attached hydrogens (tertiary/aromatic N) is 1. The zero-order valence-electron chi connectivity index (χ0n) is 9.72. The average Bonchev–Trinajstić information content (AvgIpc) is 2.36. The summed E-state index contributed by atoms with van der Waals surface area (Å²) in [7, 11) is 0. The topological polar surface area (TPSA) is 59.1 Å². The number of hydrogen-bond acceptors (Lipinski definition) is 3. The van der Waals surface area contributed by atoms with Crippen LogP contribution in [0.25, 0.3) is 10.9 Å². The van der Waals surface area contributed by atoms with Crippen molar-refractivity contribution >= 4 is 22.6 Å². The van der Waals surface area contributed by atoms with Gasteiger partial charge in [-0.05, 0) is 12.1 Å². The number of Topliss-reactive ketones (excluding diaryl/α,β-unsaturated/α-hetero) is 1. The van der Waals surface area contributed by atoms with E-state index < -0.39 is 0 Å². The van der Waals surface area contributed by atoms with Crippen LogP contribution in [0.15, 0.2) is 36.4 Å². The second kappa shape index (κ2) is 4.22. The molecule has 0 saturated heterocycles. The van der Waals surface area contributed by atoms with E-state index in [1.165, 1.54) is 0 Å². The molecular formula is C14H12N2O2. The maximum absolute atomic E-state index is 11.9. The van der Waals surface area contributed by atoms with Crippen molar-refractivity contribution in [2.75, 3.05) is 0 Å². The molecule has 0 radical (unpaired) electrons. The third-order valence-corrected chi connectivity index (χ3v) is 3.11. The molecule has 0 spiro atoms. The fourth-order valence-electron chi connectivity index (χ4n) is 2.04. The van der Waals surface area contributed by atoms with Gasteiger partial charge >= 0.3 is 0 Å². The average molecular weight is 240 g/mol. The van der Waals surface area contributed by atoms with Crippen LogP contribution in [0.4, 0.5) is 0 Å². The van der Waals surface area contributed by atoms with Crippen LogP contribution in [0.2, 0.25) is 0 Å². The standard InChI is InChI=1S/C14H12N2O2/c17-11-7-10(8-11)15-14(18)13-6-5-9-3-1-2-4-12(9)16-13/h1-6,10H,7-8H2,(H,15,18). The molecule has 90 valence electrons. The van der Waals surface area contributed by atoms with Gasteiger partial charge in [0.25, 0.3) is 5.91 Å². The first-order chi connectivity index (χ1) is 8.72. The van der Waals surface area contributed by atoms with Gasteiger partial charge in [-0.3, -0.25) is 9.59 Å². The maximum atomic E-state index is 11.9. The number of carbonyl (C=O) groups excluding carboxylic acids is 2. The Kier molecular flexibility index (Phi) is 2.55. The molecule has 4 heteroatoms. The monoisotopic (exact) mass is 240 g/mol. The van der Waals surface area contributed by atoms with Gasteiger partial charge in [0.1, 0.15) is 11.5 Å². The molecule has 1 aromatic heterocycles. The van der Waals surface area contributed by atoms with Crippen molar-refractivity contribution in [3.8, 4) is 0 Å². The summed E-state index contributed by atoms with van der Waals surface area (Å²) in [5, 5.41) is 3.81.